The lowest BCUT2D eigenvalue weighted by Gasteiger charge is -2.07. The summed E-state index contributed by atoms with van der Waals surface area (Å²) >= 11 is 5.94. The predicted octanol–water partition coefficient (Wildman–Crippen LogP) is 1.83. The number of hydrogen-bond acceptors (Lipinski definition) is 4. The van der Waals surface area contributed by atoms with Crippen LogP contribution in [-0.2, 0) is 16.6 Å². The fourth-order valence-corrected chi connectivity index (χ4v) is 3.55. The van der Waals surface area contributed by atoms with E-state index in [1.54, 1.807) is 28.9 Å². The number of amides is 1. The number of carbonyl (C=O) groups is 1. The Morgan fingerprint density at radius 2 is 2.07 bits per heavy atom. The van der Waals surface area contributed by atoms with Gasteiger partial charge in [0.05, 0.1) is 28.7 Å². The minimum absolute atomic E-state index is 0.0345. The van der Waals surface area contributed by atoms with Gasteiger partial charge in [0.1, 0.15) is 5.65 Å². The molecule has 1 aromatic carbocycles. The predicted molar refractivity (Wildman–Crippen MR) is 102 cm³/mol. The van der Waals surface area contributed by atoms with E-state index in [1.807, 2.05) is 0 Å². The molecule has 0 spiro atoms. The quantitative estimate of drug-likeness (QED) is 0.615. The maximum absolute atomic E-state index is 12.4. The summed E-state index contributed by atoms with van der Waals surface area (Å²) in [6.45, 7) is 0.0567. The van der Waals surface area contributed by atoms with Crippen molar-refractivity contribution in [3.63, 3.8) is 0 Å². The van der Waals surface area contributed by atoms with Crippen LogP contribution in [0.4, 0.5) is 0 Å². The number of nitrogens with zero attached hydrogens (tertiary/aromatic N) is 2. The summed E-state index contributed by atoms with van der Waals surface area (Å²) in [6, 6.07) is 9.20. The highest BCUT2D eigenvalue weighted by molar-refractivity contribution is 7.89. The van der Waals surface area contributed by atoms with Crippen molar-refractivity contribution in [1.29, 1.82) is 0 Å². The number of nitrogens with one attached hydrogen (secondary N) is 2. The molecule has 0 saturated carbocycles. The molecule has 27 heavy (non-hydrogen) atoms. The molecule has 0 saturated heterocycles. The molecule has 0 fully saturated rings. The minimum Gasteiger partial charge on any atom is -0.346 e. The first kappa shape index (κ1) is 18.9. The molecule has 0 atom stereocenters. The topological polar surface area (TPSA) is 92.6 Å². The Kier molecular flexibility index (Phi) is 5.46. The molecular weight excluding hydrogens is 388 g/mol. The average molecular weight is 403 g/mol. The van der Waals surface area contributed by atoms with E-state index in [9.17, 15) is 13.2 Å². The Balaban J connectivity index is 1.72. The van der Waals surface area contributed by atoms with Gasteiger partial charge in [-0.2, -0.15) is 4.72 Å². The maximum atomic E-state index is 12.4. The van der Waals surface area contributed by atoms with E-state index in [1.165, 1.54) is 24.3 Å². The van der Waals surface area contributed by atoms with Gasteiger partial charge in [-0.15, -0.1) is 6.42 Å². The minimum atomic E-state index is -3.77. The third-order valence-corrected chi connectivity index (χ3v) is 5.29. The van der Waals surface area contributed by atoms with Crippen LogP contribution in [0, 0.1) is 12.3 Å². The van der Waals surface area contributed by atoms with Gasteiger partial charge in [0.15, 0.2) is 0 Å². The molecule has 0 bridgehead atoms. The summed E-state index contributed by atoms with van der Waals surface area (Å²) in [4.78, 5) is 16.7. The lowest BCUT2D eigenvalue weighted by atomic mass is 10.2. The van der Waals surface area contributed by atoms with E-state index in [4.69, 9.17) is 18.0 Å². The molecule has 1 amide bonds. The summed E-state index contributed by atoms with van der Waals surface area (Å²) in [6.07, 6.45) is 8.54. The molecule has 2 heterocycles. The van der Waals surface area contributed by atoms with E-state index in [0.717, 1.165) is 0 Å². The zero-order valence-corrected chi connectivity index (χ0v) is 15.6. The van der Waals surface area contributed by atoms with Gasteiger partial charge in [0.2, 0.25) is 10.0 Å². The molecule has 0 unspecified atom stereocenters. The van der Waals surface area contributed by atoms with Crippen molar-refractivity contribution in [2.75, 3.05) is 6.54 Å². The SMILES string of the molecule is C#CCNS(=O)(=O)c1cccc(C(=O)NCc2cn3cc(Cl)ccc3n2)c1. The van der Waals surface area contributed by atoms with Crippen LogP contribution in [0.2, 0.25) is 5.02 Å². The van der Waals surface area contributed by atoms with Crippen LogP contribution in [-0.4, -0.2) is 30.3 Å². The summed E-state index contributed by atoms with van der Waals surface area (Å²) in [5.41, 5.74) is 1.56. The number of carbonyl (C=O) groups excluding carboxylic acids is 1. The first-order chi connectivity index (χ1) is 12.9. The number of pyridine rings is 1. The third kappa shape index (κ3) is 4.46. The van der Waals surface area contributed by atoms with E-state index < -0.39 is 15.9 Å². The third-order valence-electron chi connectivity index (χ3n) is 3.67. The molecule has 7 nitrogen and oxygen atoms in total. The fraction of sp³-hybridized carbons (Fsp3) is 0.111. The monoisotopic (exact) mass is 402 g/mol. The Labute approximate surface area is 161 Å². The number of imidazole rings is 1. The molecule has 0 aliphatic rings. The van der Waals surface area contributed by atoms with E-state index in [-0.39, 0.29) is 23.5 Å². The van der Waals surface area contributed by atoms with Crippen LogP contribution in [0.1, 0.15) is 16.1 Å². The van der Waals surface area contributed by atoms with Crippen molar-refractivity contribution in [1.82, 2.24) is 19.4 Å². The number of sulfonamides is 1. The molecule has 3 rings (SSSR count). The normalized spacial score (nSPS) is 11.3. The highest BCUT2D eigenvalue weighted by atomic mass is 35.5. The van der Waals surface area contributed by atoms with Crippen LogP contribution in [0.25, 0.3) is 5.65 Å². The number of halogens is 1. The molecule has 0 radical (unpaired) electrons. The Bertz CT molecular complexity index is 1150. The second kappa shape index (κ2) is 7.80. The number of benzene rings is 1. The van der Waals surface area contributed by atoms with Gasteiger partial charge in [-0.05, 0) is 30.3 Å². The average Bonchev–Trinajstić information content (AvgIpc) is 3.06. The first-order valence-electron chi connectivity index (χ1n) is 7.83. The van der Waals surface area contributed by atoms with Crippen LogP contribution < -0.4 is 10.0 Å². The Hall–Kier alpha value is -2.86. The molecule has 2 aromatic heterocycles. The van der Waals surface area contributed by atoms with Crippen LogP contribution >= 0.6 is 11.6 Å². The van der Waals surface area contributed by atoms with Gasteiger partial charge < -0.3 is 9.72 Å². The highest BCUT2D eigenvalue weighted by Gasteiger charge is 2.15. The van der Waals surface area contributed by atoms with E-state index in [2.05, 4.69) is 20.9 Å². The summed E-state index contributed by atoms with van der Waals surface area (Å²) < 4.78 is 28.2. The number of fused-ring (bicyclic) bond motifs is 1. The zero-order chi connectivity index (χ0) is 19.4. The fourth-order valence-electron chi connectivity index (χ4n) is 2.40. The molecule has 0 aliphatic carbocycles. The largest absolute Gasteiger partial charge is 0.346 e. The molecule has 9 heteroatoms. The molecule has 0 aliphatic heterocycles. The highest BCUT2D eigenvalue weighted by Crippen LogP contribution is 2.13. The Morgan fingerprint density at radius 1 is 1.26 bits per heavy atom. The second-order valence-corrected chi connectivity index (χ2v) is 7.79. The number of terminal acetylenes is 1. The number of hydrogen-bond donors (Lipinski definition) is 2. The van der Waals surface area contributed by atoms with Gasteiger partial charge in [-0.1, -0.05) is 23.6 Å². The van der Waals surface area contributed by atoms with Crippen molar-refractivity contribution >= 4 is 33.2 Å². The van der Waals surface area contributed by atoms with Crippen molar-refractivity contribution < 1.29 is 13.2 Å². The molecule has 2 N–H and O–H groups in total. The van der Waals surface area contributed by atoms with Gasteiger partial charge in [-0.3, -0.25) is 4.79 Å². The van der Waals surface area contributed by atoms with Gasteiger partial charge in [0.25, 0.3) is 5.91 Å². The van der Waals surface area contributed by atoms with Crippen LogP contribution in [0.15, 0.2) is 53.7 Å². The standard InChI is InChI=1S/C18H15ClN4O3S/c1-2-8-21-27(25,26)16-5-3-4-13(9-16)18(24)20-10-15-12-23-11-14(19)6-7-17(23)22-15/h1,3-7,9,11-12,21H,8,10H2,(H,20,24). The van der Waals surface area contributed by atoms with Gasteiger partial charge in [-0.25, -0.2) is 13.4 Å². The van der Waals surface area contributed by atoms with Crippen molar-refractivity contribution in [3.8, 4) is 12.3 Å². The van der Waals surface area contributed by atoms with Crippen LogP contribution in [0.5, 0.6) is 0 Å². The van der Waals surface area contributed by atoms with E-state index >= 15 is 0 Å². The number of rotatable bonds is 6. The lowest BCUT2D eigenvalue weighted by Crippen LogP contribution is -2.26. The Morgan fingerprint density at radius 3 is 2.85 bits per heavy atom. The summed E-state index contributed by atoms with van der Waals surface area (Å²) in [7, 11) is -3.77. The molecule has 3 aromatic rings. The second-order valence-electron chi connectivity index (χ2n) is 5.58. The van der Waals surface area contributed by atoms with Crippen molar-refractivity contribution in [2.24, 2.45) is 0 Å². The van der Waals surface area contributed by atoms with Gasteiger partial charge in [0, 0.05) is 18.0 Å². The molecular formula is C18H15ClN4O3S. The van der Waals surface area contributed by atoms with Crippen LogP contribution in [0.3, 0.4) is 0 Å². The molecule has 138 valence electrons. The zero-order valence-electron chi connectivity index (χ0n) is 14.0. The first-order valence-corrected chi connectivity index (χ1v) is 9.70. The number of aromatic nitrogens is 2. The summed E-state index contributed by atoms with van der Waals surface area (Å²) in [5.74, 6) is 1.78. The maximum Gasteiger partial charge on any atom is 0.251 e. The van der Waals surface area contributed by atoms with Gasteiger partial charge >= 0.3 is 0 Å². The lowest BCUT2D eigenvalue weighted by molar-refractivity contribution is 0.0950. The smallest absolute Gasteiger partial charge is 0.251 e. The van der Waals surface area contributed by atoms with E-state index in [0.29, 0.717) is 16.4 Å². The van der Waals surface area contributed by atoms with Crippen molar-refractivity contribution in [2.45, 2.75) is 11.4 Å². The van der Waals surface area contributed by atoms with Crippen molar-refractivity contribution in [3.05, 3.63) is 65.1 Å². The summed E-state index contributed by atoms with van der Waals surface area (Å²) in [5, 5.41) is 3.29.